The maximum Gasteiger partial charge on any atom is 0.0439 e. The average molecular weight is 227 g/mol. The van der Waals surface area contributed by atoms with Crippen LogP contribution < -0.4 is 11.1 Å². The highest BCUT2D eigenvalue weighted by Crippen LogP contribution is 2.27. The molecule has 1 atom stereocenters. The second-order valence-corrected chi connectivity index (χ2v) is 4.19. The molecule has 0 saturated heterocycles. The molecule has 17 heavy (non-hydrogen) atoms. The van der Waals surface area contributed by atoms with Gasteiger partial charge in [-0.1, -0.05) is 6.08 Å². The molecule has 1 aromatic heterocycles. The summed E-state index contributed by atoms with van der Waals surface area (Å²) in [6.07, 6.45) is 6.44. The first-order chi connectivity index (χ1) is 8.22. The number of nitrogen functional groups attached to an aromatic ring is 1. The lowest BCUT2D eigenvalue weighted by Crippen LogP contribution is -2.14. The topological polar surface area (TPSA) is 50.9 Å². The zero-order chi connectivity index (χ0) is 12.3. The normalized spacial score (nSPS) is 12.3. The minimum absolute atomic E-state index is 0.347. The van der Waals surface area contributed by atoms with Gasteiger partial charge in [-0.15, -0.1) is 6.58 Å². The molecule has 1 heterocycles. The van der Waals surface area contributed by atoms with Crippen LogP contribution in [0.15, 0.2) is 43.2 Å². The molecule has 0 spiro atoms. The predicted octanol–water partition coefficient (Wildman–Crippen LogP) is 3.19. The standard InChI is InChI=1S/C14H17N3/c1-3-4-10(2)17-14-6-5-13(15)11-7-8-16-9-12(11)14/h3,5-10,17H,1,4,15H2,2H3. The van der Waals surface area contributed by atoms with E-state index in [2.05, 4.69) is 23.8 Å². The number of rotatable bonds is 4. The van der Waals surface area contributed by atoms with Gasteiger partial charge in [0.1, 0.15) is 0 Å². The Balaban J connectivity index is 2.41. The highest BCUT2D eigenvalue weighted by Gasteiger charge is 2.06. The predicted molar refractivity (Wildman–Crippen MR) is 74.1 cm³/mol. The van der Waals surface area contributed by atoms with Gasteiger partial charge in [-0.25, -0.2) is 0 Å². The van der Waals surface area contributed by atoms with Crippen LogP contribution in [-0.4, -0.2) is 11.0 Å². The molecule has 2 rings (SSSR count). The molecule has 0 radical (unpaired) electrons. The van der Waals surface area contributed by atoms with Crippen molar-refractivity contribution >= 4 is 22.1 Å². The fourth-order valence-corrected chi connectivity index (χ4v) is 1.91. The smallest absolute Gasteiger partial charge is 0.0439 e. The van der Waals surface area contributed by atoms with Crippen LogP contribution in [0.4, 0.5) is 11.4 Å². The number of aromatic nitrogens is 1. The number of nitrogens with two attached hydrogens (primary N) is 1. The van der Waals surface area contributed by atoms with Gasteiger partial charge < -0.3 is 11.1 Å². The van der Waals surface area contributed by atoms with E-state index in [1.165, 1.54) is 0 Å². The Morgan fingerprint density at radius 2 is 2.24 bits per heavy atom. The Labute approximate surface area is 101 Å². The molecule has 0 fully saturated rings. The molecule has 1 aromatic carbocycles. The summed E-state index contributed by atoms with van der Waals surface area (Å²) in [6.45, 7) is 5.87. The summed E-state index contributed by atoms with van der Waals surface area (Å²) < 4.78 is 0. The molecule has 3 heteroatoms. The Morgan fingerprint density at radius 1 is 1.41 bits per heavy atom. The molecule has 0 aliphatic carbocycles. The molecule has 0 saturated carbocycles. The third kappa shape index (κ3) is 2.38. The Kier molecular flexibility index (Phi) is 3.28. The van der Waals surface area contributed by atoms with Crippen LogP contribution in [0.2, 0.25) is 0 Å². The number of hydrogen-bond donors (Lipinski definition) is 2. The number of fused-ring (bicyclic) bond motifs is 1. The molecule has 88 valence electrons. The molecular formula is C14H17N3. The number of pyridine rings is 1. The van der Waals surface area contributed by atoms with Gasteiger partial charge in [-0.2, -0.15) is 0 Å². The summed E-state index contributed by atoms with van der Waals surface area (Å²) in [7, 11) is 0. The van der Waals surface area contributed by atoms with Crippen molar-refractivity contribution in [1.82, 2.24) is 4.98 Å². The van der Waals surface area contributed by atoms with E-state index in [4.69, 9.17) is 5.73 Å². The summed E-state index contributed by atoms with van der Waals surface area (Å²) in [5.74, 6) is 0. The zero-order valence-corrected chi connectivity index (χ0v) is 9.98. The molecular weight excluding hydrogens is 210 g/mol. The Bertz CT molecular complexity index is 534. The van der Waals surface area contributed by atoms with Crippen molar-refractivity contribution in [1.29, 1.82) is 0 Å². The van der Waals surface area contributed by atoms with Gasteiger partial charge in [0.05, 0.1) is 0 Å². The van der Waals surface area contributed by atoms with Crippen LogP contribution >= 0.6 is 0 Å². The number of benzene rings is 1. The van der Waals surface area contributed by atoms with Crippen molar-refractivity contribution in [2.45, 2.75) is 19.4 Å². The van der Waals surface area contributed by atoms with Crippen molar-refractivity contribution in [2.75, 3.05) is 11.1 Å². The second kappa shape index (κ2) is 4.87. The zero-order valence-electron chi connectivity index (χ0n) is 9.98. The van der Waals surface area contributed by atoms with Gasteiger partial charge in [0.25, 0.3) is 0 Å². The summed E-state index contributed by atoms with van der Waals surface area (Å²) in [5.41, 5.74) is 7.79. The molecule has 3 nitrogen and oxygen atoms in total. The van der Waals surface area contributed by atoms with E-state index in [1.54, 1.807) is 6.20 Å². The molecule has 0 bridgehead atoms. The highest BCUT2D eigenvalue weighted by atomic mass is 14.9. The Morgan fingerprint density at radius 3 is 3.00 bits per heavy atom. The minimum Gasteiger partial charge on any atom is -0.398 e. The number of hydrogen-bond acceptors (Lipinski definition) is 3. The van der Waals surface area contributed by atoms with Gasteiger partial charge in [-0.3, -0.25) is 4.98 Å². The summed E-state index contributed by atoms with van der Waals surface area (Å²) >= 11 is 0. The SMILES string of the molecule is C=CCC(C)Nc1ccc(N)c2ccncc12. The van der Waals surface area contributed by atoms with Crippen molar-refractivity contribution in [3.05, 3.63) is 43.2 Å². The average Bonchev–Trinajstić information content (AvgIpc) is 2.34. The number of nitrogens with one attached hydrogen (secondary N) is 1. The lowest BCUT2D eigenvalue weighted by molar-refractivity contribution is 0.815. The molecule has 2 aromatic rings. The van der Waals surface area contributed by atoms with E-state index in [0.717, 1.165) is 28.6 Å². The summed E-state index contributed by atoms with van der Waals surface area (Å²) in [5, 5.41) is 5.54. The highest BCUT2D eigenvalue weighted by molar-refractivity contribution is 6.00. The van der Waals surface area contributed by atoms with E-state index in [-0.39, 0.29) is 0 Å². The third-order valence-corrected chi connectivity index (χ3v) is 2.77. The van der Waals surface area contributed by atoms with Gasteiger partial charge in [-0.05, 0) is 31.5 Å². The van der Waals surface area contributed by atoms with Gasteiger partial charge in [0.2, 0.25) is 0 Å². The van der Waals surface area contributed by atoms with Crippen molar-refractivity contribution in [2.24, 2.45) is 0 Å². The van der Waals surface area contributed by atoms with Crippen LogP contribution in [0.3, 0.4) is 0 Å². The first kappa shape index (κ1) is 11.5. The molecule has 3 N–H and O–H groups in total. The van der Waals surface area contributed by atoms with Crippen molar-refractivity contribution in [3.8, 4) is 0 Å². The Hall–Kier alpha value is -2.03. The van der Waals surface area contributed by atoms with Crippen LogP contribution in [0.25, 0.3) is 10.8 Å². The summed E-state index contributed by atoms with van der Waals surface area (Å²) in [4.78, 5) is 4.15. The maximum absolute atomic E-state index is 5.94. The fraction of sp³-hybridized carbons (Fsp3) is 0.214. The largest absolute Gasteiger partial charge is 0.398 e. The van der Waals surface area contributed by atoms with E-state index < -0.39 is 0 Å². The lowest BCUT2D eigenvalue weighted by Gasteiger charge is -2.15. The fourth-order valence-electron chi connectivity index (χ4n) is 1.91. The quantitative estimate of drug-likeness (QED) is 0.623. The third-order valence-electron chi connectivity index (χ3n) is 2.77. The van der Waals surface area contributed by atoms with Gasteiger partial charge in [0, 0.05) is 40.6 Å². The first-order valence-corrected chi connectivity index (χ1v) is 5.72. The minimum atomic E-state index is 0.347. The second-order valence-electron chi connectivity index (χ2n) is 4.19. The molecule has 1 unspecified atom stereocenters. The van der Waals surface area contributed by atoms with E-state index in [9.17, 15) is 0 Å². The molecule has 0 amide bonds. The van der Waals surface area contributed by atoms with Gasteiger partial charge >= 0.3 is 0 Å². The first-order valence-electron chi connectivity index (χ1n) is 5.72. The van der Waals surface area contributed by atoms with E-state index >= 15 is 0 Å². The molecule has 0 aliphatic rings. The number of anilines is 2. The van der Waals surface area contributed by atoms with Crippen molar-refractivity contribution in [3.63, 3.8) is 0 Å². The monoisotopic (exact) mass is 227 g/mol. The lowest BCUT2D eigenvalue weighted by atomic mass is 10.1. The molecule has 0 aliphatic heterocycles. The van der Waals surface area contributed by atoms with Crippen LogP contribution in [-0.2, 0) is 0 Å². The van der Waals surface area contributed by atoms with Crippen LogP contribution in [0.5, 0.6) is 0 Å². The number of nitrogens with zero attached hydrogens (tertiary/aromatic N) is 1. The van der Waals surface area contributed by atoms with Crippen LogP contribution in [0, 0.1) is 0 Å². The van der Waals surface area contributed by atoms with Crippen LogP contribution in [0.1, 0.15) is 13.3 Å². The van der Waals surface area contributed by atoms with Gasteiger partial charge in [0.15, 0.2) is 0 Å². The van der Waals surface area contributed by atoms with E-state index in [1.807, 2.05) is 30.5 Å². The van der Waals surface area contributed by atoms with E-state index in [0.29, 0.717) is 6.04 Å². The van der Waals surface area contributed by atoms with Crippen molar-refractivity contribution < 1.29 is 0 Å². The summed E-state index contributed by atoms with van der Waals surface area (Å²) in [6, 6.07) is 6.21. The maximum atomic E-state index is 5.94.